The molecule has 1 aromatic carbocycles. The molecule has 140 valence electrons. The van der Waals surface area contributed by atoms with Gasteiger partial charge in [0.05, 0.1) is 6.04 Å². The summed E-state index contributed by atoms with van der Waals surface area (Å²) in [4.78, 5) is 28.5. The van der Waals surface area contributed by atoms with E-state index in [-0.39, 0.29) is 36.2 Å². The van der Waals surface area contributed by atoms with Crippen LogP contribution in [0.25, 0.3) is 0 Å². The number of piperidine rings is 1. The van der Waals surface area contributed by atoms with E-state index in [1.54, 1.807) is 4.90 Å². The van der Waals surface area contributed by atoms with E-state index in [1.165, 1.54) is 0 Å². The summed E-state index contributed by atoms with van der Waals surface area (Å²) < 4.78 is 0. The van der Waals surface area contributed by atoms with Crippen LogP contribution in [-0.2, 0) is 16.0 Å². The number of rotatable bonds is 5. The van der Waals surface area contributed by atoms with Gasteiger partial charge >= 0.3 is 0 Å². The summed E-state index contributed by atoms with van der Waals surface area (Å²) in [6, 6.07) is 9.52. The summed E-state index contributed by atoms with van der Waals surface area (Å²) in [6.07, 6.45) is 1.99. The van der Waals surface area contributed by atoms with E-state index in [0.717, 1.165) is 18.4 Å². The first-order chi connectivity index (χ1) is 11.4. The van der Waals surface area contributed by atoms with Gasteiger partial charge < -0.3 is 15.5 Å². The highest BCUT2D eigenvalue weighted by Crippen LogP contribution is 2.21. The maximum absolute atomic E-state index is 12.5. The third-order valence-electron chi connectivity index (χ3n) is 4.89. The lowest BCUT2D eigenvalue weighted by Crippen LogP contribution is -2.50. The first kappa shape index (κ1) is 21.5. The minimum absolute atomic E-state index is 0. The molecular weight excluding hydrogens is 338 g/mol. The number of halogens is 1. The standard InChI is InChI=1S/C19H29N3O2.ClH/c1-14(2)21(3)18(23)16-9-11-22(12-10-16)19(24)17(20)13-15-7-5-4-6-8-15;/h4-8,14,16-17H,9-13,20H2,1-3H3;1H/t17-;/m0./s1. The fraction of sp³-hybridized carbons (Fsp3) is 0.579. The molecule has 6 heteroatoms. The third-order valence-corrected chi connectivity index (χ3v) is 4.89. The van der Waals surface area contributed by atoms with Crippen LogP contribution >= 0.6 is 12.4 Å². The molecule has 1 aliphatic rings. The molecular formula is C19H30ClN3O2. The minimum atomic E-state index is -0.516. The zero-order chi connectivity index (χ0) is 17.7. The fourth-order valence-corrected chi connectivity index (χ4v) is 3.08. The number of nitrogens with two attached hydrogens (primary N) is 1. The van der Waals surface area contributed by atoms with Crippen molar-refractivity contribution in [3.63, 3.8) is 0 Å². The molecule has 2 amide bonds. The molecule has 1 fully saturated rings. The Morgan fingerprint density at radius 3 is 2.28 bits per heavy atom. The van der Waals surface area contributed by atoms with Crippen molar-refractivity contribution in [1.29, 1.82) is 0 Å². The van der Waals surface area contributed by atoms with Gasteiger partial charge in [0.1, 0.15) is 0 Å². The normalized spacial score (nSPS) is 16.3. The Balaban J connectivity index is 0.00000312. The van der Waals surface area contributed by atoms with Crippen molar-refractivity contribution < 1.29 is 9.59 Å². The third kappa shape index (κ3) is 5.72. The van der Waals surface area contributed by atoms with Crippen LogP contribution in [-0.4, -0.2) is 53.8 Å². The van der Waals surface area contributed by atoms with Gasteiger partial charge in [0.25, 0.3) is 0 Å². The van der Waals surface area contributed by atoms with Crippen LogP contribution in [0.5, 0.6) is 0 Å². The number of hydrogen-bond acceptors (Lipinski definition) is 3. The molecule has 0 saturated carbocycles. The van der Waals surface area contributed by atoms with E-state index in [2.05, 4.69) is 0 Å². The van der Waals surface area contributed by atoms with Gasteiger partial charge in [-0.2, -0.15) is 0 Å². The van der Waals surface area contributed by atoms with Crippen molar-refractivity contribution in [2.45, 2.75) is 45.2 Å². The van der Waals surface area contributed by atoms with Crippen LogP contribution < -0.4 is 5.73 Å². The second-order valence-electron chi connectivity index (χ2n) is 6.94. The van der Waals surface area contributed by atoms with Gasteiger partial charge in [0.2, 0.25) is 11.8 Å². The number of amides is 2. The molecule has 0 aliphatic carbocycles. The van der Waals surface area contributed by atoms with E-state index >= 15 is 0 Å². The zero-order valence-electron chi connectivity index (χ0n) is 15.4. The summed E-state index contributed by atoms with van der Waals surface area (Å²) in [5.41, 5.74) is 7.17. The minimum Gasteiger partial charge on any atom is -0.343 e. The van der Waals surface area contributed by atoms with Gasteiger partial charge in [-0.3, -0.25) is 9.59 Å². The summed E-state index contributed by atoms with van der Waals surface area (Å²) in [5.74, 6) is 0.194. The lowest BCUT2D eigenvalue weighted by Gasteiger charge is -2.35. The Labute approximate surface area is 157 Å². The summed E-state index contributed by atoms with van der Waals surface area (Å²) in [6.45, 7) is 5.26. The number of carbonyl (C=O) groups excluding carboxylic acids is 2. The molecule has 1 saturated heterocycles. The molecule has 0 unspecified atom stereocenters. The van der Waals surface area contributed by atoms with Crippen molar-refractivity contribution in [2.75, 3.05) is 20.1 Å². The Kier molecular flexibility index (Phi) is 8.39. The monoisotopic (exact) mass is 367 g/mol. The number of hydrogen-bond donors (Lipinski definition) is 1. The molecule has 0 spiro atoms. The van der Waals surface area contributed by atoms with Gasteiger partial charge in [0, 0.05) is 32.1 Å². The van der Waals surface area contributed by atoms with Crippen LogP contribution in [0.1, 0.15) is 32.3 Å². The Bertz CT molecular complexity index is 557. The molecule has 0 aromatic heterocycles. The molecule has 1 aliphatic heterocycles. The number of likely N-dealkylation sites (tertiary alicyclic amines) is 1. The van der Waals surface area contributed by atoms with E-state index in [4.69, 9.17) is 5.73 Å². The Morgan fingerprint density at radius 2 is 1.76 bits per heavy atom. The number of benzene rings is 1. The fourth-order valence-electron chi connectivity index (χ4n) is 3.08. The maximum atomic E-state index is 12.5. The predicted octanol–water partition coefficient (Wildman–Crippen LogP) is 2.08. The van der Waals surface area contributed by atoms with Crippen LogP contribution in [0.4, 0.5) is 0 Å². The van der Waals surface area contributed by atoms with Crippen LogP contribution in [0.3, 0.4) is 0 Å². The largest absolute Gasteiger partial charge is 0.343 e. The molecule has 0 bridgehead atoms. The van der Waals surface area contributed by atoms with Gasteiger partial charge in [-0.25, -0.2) is 0 Å². The first-order valence-electron chi connectivity index (χ1n) is 8.75. The van der Waals surface area contributed by atoms with Crippen molar-refractivity contribution >= 4 is 24.2 Å². The van der Waals surface area contributed by atoms with Gasteiger partial charge in [-0.15, -0.1) is 12.4 Å². The average Bonchev–Trinajstić information content (AvgIpc) is 2.60. The van der Waals surface area contributed by atoms with Crippen LogP contribution in [0.2, 0.25) is 0 Å². The molecule has 1 atom stereocenters. The molecule has 5 nitrogen and oxygen atoms in total. The molecule has 1 aromatic rings. The predicted molar refractivity (Wildman–Crippen MR) is 103 cm³/mol. The Morgan fingerprint density at radius 1 is 1.20 bits per heavy atom. The van der Waals surface area contributed by atoms with Crippen LogP contribution in [0.15, 0.2) is 30.3 Å². The summed E-state index contributed by atoms with van der Waals surface area (Å²) in [5, 5.41) is 0. The van der Waals surface area contributed by atoms with E-state index < -0.39 is 6.04 Å². The topological polar surface area (TPSA) is 66.6 Å². The van der Waals surface area contributed by atoms with E-state index in [0.29, 0.717) is 19.5 Å². The second kappa shape index (κ2) is 9.78. The van der Waals surface area contributed by atoms with Gasteiger partial charge in [0.15, 0.2) is 0 Å². The molecule has 0 radical (unpaired) electrons. The smallest absolute Gasteiger partial charge is 0.239 e. The van der Waals surface area contributed by atoms with Crippen LogP contribution in [0, 0.1) is 5.92 Å². The van der Waals surface area contributed by atoms with Gasteiger partial charge in [-0.05, 0) is 38.7 Å². The van der Waals surface area contributed by atoms with Crippen molar-refractivity contribution in [1.82, 2.24) is 9.80 Å². The highest BCUT2D eigenvalue weighted by Gasteiger charge is 2.31. The number of carbonyl (C=O) groups is 2. The highest BCUT2D eigenvalue weighted by molar-refractivity contribution is 5.85. The van der Waals surface area contributed by atoms with E-state index in [9.17, 15) is 9.59 Å². The van der Waals surface area contributed by atoms with Crippen molar-refractivity contribution in [2.24, 2.45) is 11.7 Å². The lowest BCUT2D eigenvalue weighted by molar-refractivity contribution is -0.141. The quantitative estimate of drug-likeness (QED) is 0.866. The van der Waals surface area contributed by atoms with Crippen molar-refractivity contribution in [3.8, 4) is 0 Å². The number of nitrogens with zero attached hydrogens (tertiary/aromatic N) is 2. The SMILES string of the molecule is CC(C)N(C)C(=O)C1CCN(C(=O)[C@@H](N)Cc2ccccc2)CC1.Cl. The molecule has 25 heavy (non-hydrogen) atoms. The molecule has 2 rings (SSSR count). The summed E-state index contributed by atoms with van der Waals surface area (Å²) in [7, 11) is 1.85. The second-order valence-corrected chi connectivity index (χ2v) is 6.94. The van der Waals surface area contributed by atoms with Gasteiger partial charge in [-0.1, -0.05) is 30.3 Å². The first-order valence-corrected chi connectivity index (χ1v) is 8.75. The zero-order valence-corrected chi connectivity index (χ0v) is 16.2. The Hall–Kier alpha value is -1.59. The summed E-state index contributed by atoms with van der Waals surface area (Å²) >= 11 is 0. The highest BCUT2D eigenvalue weighted by atomic mass is 35.5. The van der Waals surface area contributed by atoms with E-state index in [1.807, 2.05) is 56.1 Å². The van der Waals surface area contributed by atoms with Crippen molar-refractivity contribution in [3.05, 3.63) is 35.9 Å². The maximum Gasteiger partial charge on any atom is 0.239 e. The molecule has 2 N–H and O–H groups in total. The lowest BCUT2D eigenvalue weighted by atomic mass is 9.94. The average molecular weight is 368 g/mol. The molecule has 1 heterocycles.